The highest BCUT2D eigenvalue weighted by molar-refractivity contribution is 9.10. The van der Waals surface area contributed by atoms with Crippen LogP contribution in [0.2, 0.25) is 0 Å². The van der Waals surface area contributed by atoms with Gasteiger partial charge in [0, 0.05) is 11.0 Å². The van der Waals surface area contributed by atoms with Crippen LogP contribution < -0.4 is 11.1 Å². The number of hydrogen-bond acceptors (Lipinski definition) is 2. The summed E-state index contributed by atoms with van der Waals surface area (Å²) >= 11 is 3.44. The van der Waals surface area contributed by atoms with Gasteiger partial charge in [-0.2, -0.15) is 0 Å². The number of benzene rings is 1. The van der Waals surface area contributed by atoms with Crippen molar-refractivity contribution in [2.75, 3.05) is 17.6 Å². The van der Waals surface area contributed by atoms with Gasteiger partial charge in [-0.1, -0.05) is 36.7 Å². The molecule has 0 amide bonds. The summed E-state index contributed by atoms with van der Waals surface area (Å²) in [5.74, 6) is 1.33. The Hall–Kier alpha value is -0.700. The van der Waals surface area contributed by atoms with Crippen LogP contribution in [0.4, 0.5) is 11.4 Å². The molecule has 0 aliphatic carbocycles. The molecule has 0 bridgehead atoms. The Morgan fingerprint density at radius 2 is 2.00 bits per heavy atom. The first-order valence-electron chi connectivity index (χ1n) is 5.29. The average molecular weight is 271 g/mol. The lowest BCUT2D eigenvalue weighted by Crippen LogP contribution is -2.16. The van der Waals surface area contributed by atoms with Crippen molar-refractivity contribution in [1.82, 2.24) is 0 Å². The van der Waals surface area contributed by atoms with E-state index in [-0.39, 0.29) is 0 Å². The van der Waals surface area contributed by atoms with Crippen molar-refractivity contribution < 1.29 is 0 Å². The number of hydrogen-bond donors (Lipinski definition) is 2. The first-order valence-corrected chi connectivity index (χ1v) is 6.09. The predicted molar refractivity (Wildman–Crippen MR) is 71.0 cm³/mol. The van der Waals surface area contributed by atoms with Crippen molar-refractivity contribution in [1.29, 1.82) is 0 Å². The molecule has 0 fully saturated rings. The summed E-state index contributed by atoms with van der Waals surface area (Å²) < 4.78 is 1.05. The summed E-state index contributed by atoms with van der Waals surface area (Å²) in [6, 6.07) is 5.88. The van der Waals surface area contributed by atoms with Crippen LogP contribution in [-0.4, -0.2) is 6.54 Å². The molecular formula is C12H19BrN2. The fourth-order valence-corrected chi connectivity index (χ4v) is 1.55. The fraction of sp³-hybridized carbons (Fsp3) is 0.500. The lowest BCUT2D eigenvalue weighted by atomic mass is 9.98. The van der Waals surface area contributed by atoms with Crippen molar-refractivity contribution in [3.05, 3.63) is 22.7 Å². The van der Waals surface area contributed by atoms with E-state index in [4.69, 9.17) is 5.73 Å². The van der Waals surface area contributed by atoms with Crippen LogP contribution in [0.1, 0.15) is 20.8 Å². The normalized spacial score (nSPS) is 12.9. The Kier molecular flexibility index (Phi) is 4.45. The van der Waals surface area contributed by atoms with Crippen LogP contribution in [0.3, 0.4) is 0 Å². The van der Waals surface area contributed by atoms with Gasteiger partial charge in [-0.05, 0) is 30.0 Å². The van der Waals surface area contributed by atoms with Crippen LogP contribution in [-0.2, 0) is 0 Å². The molecular weight excluding hydrogens is 252 g/mol. The molecule has 0 saturated carbocycles. The van der Waals surface area contributed by atoms with Gasteiger partial charge in [-0.3, -0.25) is 0 Å². The topological polar surface area (TPSA) is 38.0 Å². The van der Waals surface area contributed by atoms with Crippen molar-refractivity contribution in [2.45, 2.75) is 20.8 Å². The van der Waals surface area contributed by atoms with Crippen molar-refractivity contribution >= 4 is 27.3 Å². The van der Waals surface area contributed by atoms with E-state index >= 15 is 0 Å². The summed E-state index contributed by atoms with van der Waals surface area (Å²) in [5.41, 5.74) is 7.68. The molecule has 0 aliphatic heterocycles. The molecule has 0 heterocycles. The summed E-state index contributed by atoms with van der Waals surface area (Å²) in [5, 5.41) is 3.38. The molecule has 1 atom stereocenters. The first kappa shape index (κ1) is 12.4. The quantitative estimate of drug-likeness (QED) is 0.819. The lowest BCUT2D eigenvalue weighted by molar-refractivity contribution is 0.440. The number of nitrogens with one attached hydrogen (secondary N) is 1. The van der Waals surface area contributed by atoms with Gasteiger partial charge in [-0.25, -0.2) is 0 Å². The largest absolute Gasteiger partial charge is 0.397 e. The van der Waals surface area contributed by atoms with E-state index in [2.05, 4.69) is 42.0 Å². The van der Waals surface area contributed by atoms with Crippen molar-refractivity contribution in [3.8, 4) is 0 Å². The molecule has 2 nitrogen and oxygen atoms in total. The Labute approximate surface area is 100 Å². The van der Waals surface area contributed by atoms with Crippen molar-refractivity contribution in [3.63, 3.8) is 0 Å². The molecule has 1 aromatic rings. The minimum atomic E-state index is 0.642. The molecule has 1 aromatic carbocycles. The highest BCUT2D eigenvalue weighted by Gasteiger charge is 2.07. The van der Waals surface area contributed by atoms with Crippen LogP contribution in [0.25, 0.3) is 0 Å². The molecule has 3 heteroatoms. The van der Waals surface area contributed by atoms with Crippen LogP contribution in [0.15, 0.2) is 22.7 Å². The molecule has 15 heavy (non-hydrogen) atoms. The second kappa shape index (κ2) is 5.40. The van der Waals surface area contributed by atoms with Gasteiger partial charge in [0.05, 0.1) is 11.4 Å². The number of nitrogens with two attached hydrogens (primary N) is 1. The van der Waals surface area contributed by atoms with E-state index in [1.807, 2.05) is 18.2 Å². The zero-order valence-corrected chi connectivity index (χ0v) is 11.1. The fourth-order valence-electron chi connectivity index (χ4n) is 1.19. The highest BCUT2D eigenvalue weighted by atomic mass is 79.9. The molecule has 0 radical (unpaired) electrons. The molecule has 0 aliphatic rings. The molecule has 1 rings (SSSR count). The van der Waals surface area contributed by atoms with Crippen LogP contribution >= 0.6 is 15.9 Å². The molecule has 0 spiro atoms. The van der Waals surface area contributed by atoms with E-state index in [9.17, 15) is 0 Å². The van der Waals surface area contributed by atoms with E-state index in [0.29, 0.717) is 11.8 Å². The Balaban J connectivity index is 2.61. The average Bonchev–Trinajstić information content (AvgIpc) is 2.18. The summed E-state index contributed by atoms with van der Waals surface area (Å²) in [4.78, 5) is 0. The van der Waals surface area contributed by atoms with Gasteiger partial charge >= 0.3 is 0 Å². The van der Waals surface area contributed by atoms with Gasteiger partial charge in [0.25, 0.3) is 0 Å². The van der Waals surface area contributed by atoms with Gasteiger partial charge in [0.2, 0.25) is 0 Å². The highest BCUT2D eigenvalue weighted by Crippen LogP contribution is 2.24. The maximum Gasteiger partial charge on any atom is 0.0585 e. The molecule has 0 saturated heterocycles. The smallest absolute Gasteiger partial charge is 0.0585 e. The predicted octanol–water partition coefficient (Wildman–Crippen LogP) is 3.74. The van der Waals surface area contributed by atoms with Crippen molar-refractivity contribution in [2.24, 2.45) is 11.8 Å². The zero-order chi connectivity index (χ0) is 11.4. The third-order valence-electron chi connectivity index (χ3n) is 2.77. The SMILES string of the molecule is CC(C)C(C)CNc1cc(Br)ccc1N. The van der Waals surface area contributed by atoms with E-state index in [0.717, 1.165) is 22.4 Å². The van der Waals surface area contributed by atoms with E-state index in [1.54, 1.807) is 0 Å². The zero-order valence-electron chi connectivity index (χ0n) is 9.55. The molecule has 1 unspecified atom stereocenters. The van der Waals surface area contributed by atoms with E-state index < -0.39 is 0 Å². The lowest BCUT2D eigenvalue weighted by Gasteiger charge is -2.18. The van der Waals surface area contributed by atoms with Crippen LogP contribution in [0, 0.1) is 11.8 Å². The van der Waals surface area contributed by atoms with Gasteiger partial charge in [0.1, 0.15) is 0 Å². The number of nitrogen functional groups attached to an aromatic ring is 1. The Morgan fingerprint density at radius 1 is 1.33 bits per heavy atom. The first-order chi connectivity index (χ1) is 7.00. The molecule has 3 N–H and O–H groups in total. The second-order valence-corrected chi connectivity index (χ2v) is 5.25. The van der Waals surface area contributed by atoms with Gasteiger partial charge in [0.15, 0.2) is 0 Å². The van der Waals surface area contributed by atoms with Crippen LogP contribution in [0.5, 0.6) is 0 Å². The molecule has 84 valence electrons. The van der Waals surface area contributed by atoms with Gasteiger partial charge in [-0.15, -0.1) is 0 Å². The molecule has 0 aromatic heterocycles. The third kappa shape index (κ3) is 3.74. The standard InChI is InChI=1S/C12H19BrN2/c1-8(2)9(3)7-15-12-6-10(13)4-5-11(12)14/h4-6,8-9,15H,7,14H2,1-3H3. The summed E-state index contributed by atoms with van der Waals surface area (Å²) in [6.45, 7) is 7.66. The number of rotatable bonds is 4. The van der Waals surface area contributed by atoms with Gasteiger partial charge < -0.3 is 11.1 Å². The Morgan fingerprint density at radius 3 is 2.60 bits per heavy atom. The third-order valence-corrected chi connectivity index (χ3v) is 3.26. The maximum absolute atomic E-state index is 5.87. The number of anilines is 2. The Bertz CT molecular complexity index is 323. The minimum Gasteiger partial charge on any atom is -0.397 e. The minimum absolute atomic E-state index is 0.642. The summed E-state index contributed by atoms with van der Waals surface area (Å²) in [6.07, 6.45) is 0. The monoisotopic (exact) mass is 270 g/mol. The summed E-state index contributed by atoms with van der Waals surface area (Å²) in [7, 11) is 0. The van der Waals surface area contributed by atoms with E-state index in [1.165, 1.54) is 0 Å². The number of halogens is 1. The second-order valence-electron chi connectivity index (χ2n) is 4.33. The maximum atomic E-state index is 5.87.